The van der Waals surface area contributed by atoms with E-state index in [0.29, 0.717) is 71.0 Å². The van der Waals surface area contributed by atoms with Crippen LogP contribution in [0.2, 0.25) is 0 Å². The summed E-state index contributed by atoms with van der Waals surface area (Å²) in [5.74, 6) is 0.590. The first-order chi connectivity index (χ1) is 30.3. The number of benzene rings is 4. The molecule has 320 valence electrons. The Hall–Kier alpha value is -5.85. The number of nitrogens with zero attached hydrogens (tertiary/aromatic N) is 6. The van der Waals surface area contributed by atoms with E-state index in [1.807, 2.05) is 84.9 Å². The van der Waals surface area contributed by atoms with Gasteiger partial charge in [0.25, 0.3) is 0 Å². The highest BCUT2D eigenvalue weighted by molar-refractivity contribution is 5.89. The Morgan fingerprint density at radius 3 is 1.29 bits per heavy atom. The van der Waals surface area contributed by atoms with Crippen molar-refractivity contribution in [2.75, 3.05) is 76.9 Å². The maximum atomic E-state index is 15.3. The number of piperazine rings is 2. The molecule has 62 heavy (non-hydrogen) atoms. The molecule has 0 bridgehead atoms. The minimum absolute atomic E-state index is 0.239. The SMILES string of the molecule is Nc1cccc(-c2ccc(CCN3CCN(C(Cc4ccccc4)C(=O)C(Cc4ccccc4)N4CCN(CCc5ccc(-c6cccc(N)n6)cc5F)CC4)CC3)c(F)c2)n1. The molecule has 0 amide bonds. The molecule has 2 aliphatic heterocycles. The van der Waals surface area contributed by atoms with Crippen molar-refractivity contribution < 1.29 is 13.6 Å². The third kappa shape index (κ3) is 11.0. The Morgan fingerprint density at radius 1 is 0.516 bits per heavy atom. The lowest BCUT2D eigenvalue weighted by Crippen LogP contribution is -2.60. The van der Waals surface area contributed by atoms with Crippen molar-refractivity contribution in [2.45, 2.75) is 37.8 Å². The number of halogens is 2. The molecule has 2 atom stereocenters. The summed E-state index contributed by atoms with van der Waals surface area (Å²) in [6.07, 6.45) is 2.47. The summed E-state index contributed by atoms with van der Waals surface area (Å²) < 4.78 is 30.6. The maximum Gasteiger partial charge on any atom is 0.167 e. The van der Waals surface area contributed by atoms with E-state index in [0.717, 1.165) is 76.6 Å². The predicted octanol–water partition coefficient (Wildman–Crippen LogP) is 7.07. The number of ketones is 1. The summed E-state index contributed by atoms with van der Waals surface area (Å²) >= 11 is 0. The van der Waals surface area contributed by atoms with E-state index in [-0.39, 0.29) is 29.5 Å². The molecule has 4 heterocycles. The largest absolute Gasteiger partial charge is 0.384 e. The van der Waals surface area contributed by atoms with Crippen LogP contribution in [0.15, 0.2) is 133 Å². The van der Waals surface area contributed by atoms with Crippen molar-refractivity contribution in [1.82, 2.24) is 29.6 Å². The molecule has 0 spiro atoms. The van der Waals surface area contributed by atoms with Crippen LogP contribution in [-0.4, -0.2) is 113 Å². The summed E-state index contributed by atoms with van der Waals surface area (Å²) in [6, 6.07) is 41.5. The number of anilines is 2. The van der Waals surface area contributed by atoms with E-state index in [2.05, 4.69) is 53.8 Å². The lowest BCUT2D eigenvalue weighted by atomic mass is 9.91. The average Bonchev–Trinajstić information content (AvgIpc) is 3.30. The van der Waals surface area contributed by atoms with Gasteiger partial charge >= 0.3 is 0 Å². The molecule has 9 nitrogen and oxygen atoms in total. The smallest absolute Gasteiger partial charge is 0.167 e. The topological polar surface area (TPSA) is 108 Å². The number of rotatable bonds is 16. The fourth-order valence-electron chi connectivity index (χ4n) is 8.91. The van der Waals surface area contributed by atoms with E-state index in [4.69, 9.17) is 11.5 Å². The molecule has 0 radical (unpaired) electrons. The van der Waals surface area contributed by atoms with Crippen molar-refractivity contribution in [1.29, 1.82) is 0 Å². The zero-order chi connectivity index (χ0) is 42.8. The van der Waals surface area contributed by atoms with E-state index in [1.54, 1.807) is 24.3 Å². The van der Waals surface area contributed by atoms with Crippen molar-refractivity contribution >= 4 is 17.4 Å². The normalized spacial score (nSPS) is 16.5. The van der Waals surface area contributed by atoms with Gasteiger partial charge < -0.3 is 21.3 Å². The highest BCUT2D eigenvalue weighted by Crippen LogP contribution is 2.25. The third-order valence-electron chi connectivity index (χ3n) is 12.5. The number of carbonyl (C=O) groups excluding carboxylic acids is 1. The molecule has 2 unspecified atom stereocenters. The second kappa shape index (κ2) is 20.3. The quantitative estimate of drug-likeness (QED) is 0.106. The lowest BCUT2D eigenvalue weighted by molar-refractivity contribution is -0.131. The van der Waals surface area contributed by atoms with Gasteiger partial charge in [0, 0.05) is 76.6 Å². The van der Waals surface area contributed by atoms with Crippen LogP contribution in [0.5, 0.6) is 0 Å². The van der Waals surface area contributed by atoms with Crippen LogP contribution in [0.25, 0.3) is 22.5 Å². The van der Waals surface area contributed by atoms with Crippen molar-refractivity contribution in [3.8, 4) is 22.5 Å². The first-order valence-corrected chi connectivity index (χ1v) is 21.8. The number of pyridine rings is 2. The molecule has 8 rings (SSSR count). The van der Waals surface area contributed by atoms with Crippen molar-refractivity contribution in [3.63, 3.8) is 0 Å². The minimum Gasteiger partial charge on any atom is -0.384 e. The number of aromatic nitrogens is 2. The first-order valence-electron chi connectivity index (χ1n) is 21.8. The fourth-order valence-corrected chi connectivity index (χ4v) is 8.91. The fraction of sp³-hybridized carbons (Fsp3) is 0.314. The van der Waals surface area contributed by atoms with Crippen LogP contribution in [0.1, 0.15) is 22.3 Å². The average molecular weight is 835 g/mol. The molecule has 2 aromatic heterocycles. The van der Waals surface area contributed by atoms with Gasteiger partial charge in [0.2, 0.25) is 0 Å². The Bertz CT molecular complexity index is 2230. The lowest BCUT2D eigenvalue weighted by Gasteiger charge is -2.43. The monoisotopic (exact) mass is 834 g/mol. The van der Waals surface area contributed by atoms with E-state index in [9.17, 15) is 0 Å². The minimum atomic E-state index is -0.287. The van der Waals surface area contributed by atoms with Gasteiger partial charge in [-0.2, -0.15) is 0 Å². The summed E-state index contributed by atoms with van der Waals surface area (Å²) in [6.45, 7) is 7.69. The van der Waals surface area contributed by atoms with Gasteiger partial charge in [-0.15, -0.1) is 0 Å². The molecule has 11 heteroatoms. The molecule has 2 saturated heterocycles. The predicted molar refractivity (Wildman–Crippen MR) is 244 cm³/mol. The Labute approximate surface area is 364 Å². The van der Waals surface area contributed by atoms with Crippen LogP contribution < -0.4 is 11.5 Å². The molecule has 4 aromatic carbocycles. The summed E-state index contributed by atoms with van der Waals surface area (Å²) in [5.41, 5.74) is 18.1. The first kappa shape index (κ1) is 42.8. The molecule has 6 aromatic rings. The van der Waals surface area contributed by atoms with E-state index < -0.39 is 0 Å². The van der Waals surface area contributed by atoms with Crippen LogP contribution >= 0.6 is 0 Å². The van der Waals surface area contributed by atoms with Crippen LogP contribution in [0.4, 0.5) is 20.4 Å². The maximum absolute atomic E-state index is 15.3. The summed E-state index contributed by atoms with van der Waals surface area (Å²) in [4.78, 5) is 33.4. The number of hydrogen-bond donors (Lipinski definition) is 2. The van der Waals surface area contributed by atoms with Crippen LogP contribution in [0.3, 0.4) is 0 Å². The number of nitrogens with two attached hydrogens (primary N) is 2. The van der Waals surface area contributed by atoms with Gasteiger partial charge in [-0.05, 0) is 84.3 Å². The highest BCUT2D eigenvalue weighted by atomic mass is 19.1. The van der Waals surface area contributed by atoms with Gasteiger partial charge in [0.1, 0.15) is 23.3 Å². The summed E-state index contributed by atoms with van der Waals surface area (Å²) in [5, 5.41) is 0. The number of hydrogen-bond acceptors (Lipinski definition) is 9. The van der Waals surface area contributed by atoms with Gasteiger partial charge in [-0.3, -0.25) is 14.6 Å². The van der Waals surface area contributed by atoms with Crippen LogP contribution in [-0.2, 0) is 30.5 Å². The van der Waals surface area contributed by atoms with Gasteiger partial charge in [-0.25, -0.2) is 18.7 Å². The number of nitrogen functional groups attached to an aromatic ring is 2. The molecule has 2 aliphatic rings. The molecule has 0 saturated carbocycles. The molecular weight excluding hydrogens is 779 g/mol. The molecule has 2 fully saturated rings. The van der Waals surface area contributed by atoms with Crippen molar-refractivity contribution in [3.05, 3.63) is 167 Å². The van der Waals surface area contributed by atoms with Gasteiger partial charge in [0.15, 0.2) is 5.78 Å². The van der Waals surface area contributed by atoms with Crippen molar-refractivity contribution in [2.24, 2.45) is 0 Å². The number of carbonyl (C=O) groups is 1. The molecule has 0 aliphatic carbocycles. The zero-order valence-electron chi connectivity index (χ0n) is 35.3. The standard InChI is InChI=1S/C51H56F2N8O/c52-43-35-41(45-13-7-15-49(54)56-45)19-17-39(43)21-23-58-25-29-60(30-26-58)47(33-37-9-3-1-4-10-37)51(62)48(34-38-11-5-2-6-12-38)61-31-27-59(28-32-61)24-22-40-18-20-42(36-44(40)53)46-14-8-16-50(55)57-46/h1-20,35-36,47-48H,21-34H2,(H2,54,56)(H2,55,57). The second-order valence-corrected chi connectivity index (χ2v) is 16.6. The second-order valence-electron chi connectivity index (χ2n) is 16.6. The van der Waals surface area contributed by atoms with E-state index >= 15 is 13.6 Å². The highest BCUT2D eigenvalue weighted by Gasteiger charge is 2.37. The third-order valence-corrected chi connectivity index (χ3v) is 12.5. The molecule has 4 N–H and O–H groups in total. The Balaban J connectivity index is 0.912. The van der Waals surface area contributed by atoms with Crippen LogP contribution in [0, 0.1) is 11.6 Å². The zero-order valence-corrected chi connectivity index (χ0v) is 35.3. The summed E-state index contributed by atoms with van der Waals surface area (Å²) in [7, 11) is 0. The van der Waals surface area contributed by atoms with E-state index in [1.165, 1.54) is 0 Å². The number of Topliss-reactive ketones (excluding diaryl/α,β-unsaturated/α-hetero) is 1. The van der Waals surface area contributed by atoms with Gasteiger partial charge in [0.05, 0.1) is 23.5 Å². The Morgan fingerprint density at radius 2 is 0.919 bits per heavy atom. The van der Waals surface area contributed by atoms with Gasteiger partial charge in [-0.1, -0.05) is 97.1 Å². The molecular formula is C51H56F2N8O. The Kier molecular flexibility index (Phi) is 14.1.